The molecule has 0 spiro atoms. The summed E-state index contributed by atoms with van der Waals surface area (Å²) in [5, 5.41) is 0. The first-order chi connectivity index (χ1) is 11.7. The van der Waals surface area contributed by atoms with E-state index < -0.39 is 12.0 Å². The molecule has 1 aromatic carbocycles. The van der Waals surface area contributed by atoms with Gasteiger partial charge in [0, 0.05) is 32.5 Å². The number of para-hydroxylation sites is 1. The molecule has 0 radical (unpaired) electrons. The van der Waals surface area contributed by atoms with Crippen LogP contribution < -0.4 is 14.2 Å². The molecule has 1 atom stereocenters. The summed E-state index contributed by atoms with van der Waals surface area (Å²) >= 11 is 0. The lowest BCUT2D eigenvalue weighted by molar-refractivity contribution is -0.139. The van der Waals surface area contributed by atoms with Crippen molar-refractivity contribution in [1.29, 1.82) is 0 Å². The molecule has 0 N–H and O–H groups in total. The normalized spacial score (nSPS) is 14.4. The molecule has 1 aromatic rings. The van der Waals surface area contributed by atoms with Crippen LogP contribution in [0.25, 0.3) is 0 Å². The second-order valence-electron chi connectivity index (χ2n) is 5.16. The van der Waals surface area contributed by atoms with Crippen LogP contribution in [0, 0.1) is 0 Å². The number of ether oxygens (including phenoxy) is 4. The lowest BCUT2D eigenvalue weighted by Crippen LogP contribution is -2.39. The zero-order valence-corrected chi connectivity index (χ0v) is 14.2. The van der Waals surface area contributed by atoms with Crippen LogP contribution in [0.4, 0.5) is 0 Å². The molecule has 0 fully saturated rings. The van der Waals surface area contributed by atoms with Gasteiger partial charge in [-0.1, -0.05) is 18.2 Å². The minimum Gasteiger partial charge on any atom is -0.493 e. The van der Waals surface area contributed by atoms with Gasteiger partial charge in [-0.05, 0) is 18.6 Å². The zero-order valence-electron chi connectivity index (χ0n) is 14.2. The lowest BCUT2D eigenvalue weighted by Gasteiger charge is -2.27. The molecular weight excluding hydrogens is 310 g/mol. The van der Waals surface area contributed by atoms with Crippen molar-refractivity contribution in [2.24, 2.45) is 0 Å². The fourth-order valence-electron chi connectivity index (χ4n) is 2.41. The van der Waals surface area contributed by atoms with Crippen molar-refractivity contribution in [1.82, 2.24) is 4.90 Å². The maximum atomic E-state index is 12.8. The number of hydrogen-bond acceptors (Lipinski definition) is 6. The molecule has 0 aromatic heterocycles. The number of rotatable bonds is 8. The smallest absolute Gasteiger partial charge is 0.334 e. The van der Waals surface area contributed by atoms with Crippen molar-refractivity contribution >= 4 is 5.97 Å². The van der Waals surface area contributed by atoms with E-state index in [2.05, 4.69) is 0 Å². The standard InChI is InChI=1S/C18H23NO5/c1-21-13-10-14(19-11-5-4-6-12-19)18(20)24-17-15(22-2)8-7-9-16(17)23-3/h5-9,11-12,14H,4,10,13H2,1-3H3. The van der Waals surface area contributed by atoms with E-state index >= 15 is 0 Å². The van der Waals surface area contributed by atoms with Gasteiger partial charge in [0.1, 0.15) is 6.04 Å². The van der Waals surface area contributed by atoms with Crippen LogP contribution in [0.5, 0.6) is 17.2 Å². The molecule has 2 rings (SSSR count). The summed E-state index contributed by atoms with van der Waals surface area (Å²) in [6, 6.07) is 4.71. The number of hydrogen-bond donors (Lipinski definition) is 0. The monoisotopic (exact) mass is 333 g/mol. The van der Waals surface area contributed by atoms with Gasteiger partial charge >= 0.3 is 5.97 Å². The third kappa shape index (κ3) is 4.29. The SMILES string of the molecule is COCCC(C(=O)Oc1c(OC)cccc1OC)N1C=CCC=C1. The first-order valence-electron chi connectivity index (χ1n) is 7.73. The van der Waals surface area contributed by atoms with E-state index in [9.17, 15) is 4.79 Å². The molecule has 0 amide bonds. The minimum absolute atomic E-state index is 0.278. The molecule has 0 saturated heterocycles. The third-order valence-corrected chi connectivity index (χ3v) is 3.64. The summed E-state index contributed by atoms with van der Waals surface area (Å²) in [5.41, 5.74) is 0. The molecule has 6 nitrogen and oxygen atoms in total. The summed E-state index contributed by atoms with van der Waals surface area (Å²) < 4.78 is 21.3. The van der Waals surface area contributed by atoms with Crippen molar-refractivity contribution in [3.63, 3.8) is 0 Å². The van der Waals surface area contributed by atoms with Crippen molar-refractivity contribution < 1.29 is 23.7 Å². The van der Waals surface area contributed by atoms with Gasteiger partial charge in [-0.3, -0.25) is 0 Å². The summed E-state index contributed by atoms with van der Waals surface area (Å²) in [4.78, 5) is 14.6. The molecule has 130 valence electrons. The quantitative estimate of drug-likeness (QED) is 0.538. The van der Waals surface area contributed by atoms with Crippen molar-refractivity contribution in [3.05, 3.63) is 42.8 Å². The topological polar surface area (TPSA) is 57.2 Å². The Bertz CT molecular complexity index is 577. The second-order valence-corrected chi connectivity index (χ2v) is 5.16. The highest BCUT2D eigenvalue weighted by molar-refractivity contribution is 5.80. The number of allylic oxidation sites excluding steroid dienone is 2. The molecule has 1 aliphatic rings. The summed E-state index contributed by atoms with van der Waals surface area (Å²) in [6.07, 6.45) is 9.07. The van der Waals surface area contributed by atoms with E-state index in [1.165, 1.54) is 14.2 Å². The largest absolute Gasteiger partial charge is 0.493 e. The Labute approximate surface area is 142 Å². The van der Waals surface area contributed by atoms with Crippen molar-refractivity contribution in [2.75, 3.05) is 27.9 Å². The van der Waals surface area contributed by atoms with Gasteiger partial charge in [0.2, 0.25) is 5.75 Å². The third-order valence-electron chi connectivity index (χ3n) is 3.64. The lowest BCUT2D eigenvalue weighted by atomic mass is 10.1. The predicted octanol–water partition coefficient (Wildman–Crippen LogP) is 2.75. The van der Waals surface area contributed by atoms with E-state index in [1.54, 1.807) is 25.3 Å². The van der Waals surface area contributed by atoms with Gasteiger partial charge in [-0.15, -0.1) is 0 Å². The van der Waals surface area contributed by atoms with Crippen LogP contribution in [-0.2, 0) is 9.53 Å². The van der Waals surface area contributed by atoms with Crippen molar-refractivity contribution in [2.45, 2.75) is 18.9 Å². The number of methoxy groups -OCH3 is 3. The zero-order chi connectivity index (χ0) is 17.4. The number of carbonyl (C=O) groups excluding carboxylic acids is 1. The van der Waals surface area contributed by atoms with E-state index in [0.29, 0.717) is 24.5 Å². The Morgan fingerprint density at radius 1 is 1.12 bits per heavy atom. The molecule has 24 heavy (non-hydrogen) atoms. The van der Waals surface area contributed by atoms with Gasteiger partial charge in [-0.25, -0.2) is 4.79 Å². The van der Waals surface area contributed by atoms with E-state index in [1.807, 2.05) is 29.5 Å². The molecule has 6 heteroatoms. The van der Waals surface area contributed by atoms with Gasteiger partial charge < -0.3 is 23.8 Å². The van der Waals surface area contributed by atoms with Gasteiger partial charge in [0.05, 0.1) is 14.2 Å². The number of nitrogens with zero attached hydrogens (tertiary/aromatic N) is 1. The van der Waals surface area contributed by atoms with Crippen LogP contribution in [0.1, 0.15) is 12.8 Å². The Morgan fingerprint density at radius 3 is 2.29 bits per heavy atom. The fraction of sp³-hybridized carbons (Fsp3) is 0.389. The predicted molar refractivity (Wildman–Crippen MR) is 90.2 cm³/mol. The Kier molecular flexibility index (Phi) is 6.69. The fourth-order valence-corrected chi connectivity index (χ4v) is 2.41. The highest BCUT2D eigenvalue weighted by atomic mass is 16.6. The van der Waals surface area contributed by atoms with E-state index in [-0.39, 0.29) is 5.75 Å². The Balaban J connectivity index is 2.22. The maximum Gasteiger partial charge on any atom is 0.334 e. The van der Waals surface area contributed by atoms with Gasteiger partial charge in [0.15, 0.2) is 11.5 Å². The van der Waals surface area contributed by atoms with Gasteiger partial charge in [-0.2, -0.15) is 0 Å². The molecule has 1 aliphatic heterocycles. The van der Waals surface area contributed by atoms with Crippen molar-refractivity contribution in [3.8, 4) is 17.2 Å². The average Bonchev–Trinajstić information content (AvgIpc) is 2.63. The molecule has 1 unspecified atom stereocenters. The summed E-state index contributed by atoms with van der Waals surface area (Å²) in [5.74, 6) is 0.766. The highest BCUT2D eigenvalue weighted by Crippen LogP contribution is 2.37. The summed E-state index contributed by atoms with van der Waals surface area (Å²) in [6.45, 7) is 0.445. The van der Waals surface area contributed by atoms with E-state index in [0.717, 1.165) is 6.42 Å². The molecule has 0 aliphatic carbocycles. The van der Waals surface area contributed by atoms with Crippen LogP contribution >= 0.6 is 0 Å². The highest BCUT2D eigenvalue weighted by Gasteiger charge is 2.27. The Morgan fingerprint density at radius 2 is 1.75 bits per heavy atom. The van der Waals surface area contributed by atoms with Crippen LogP contribution in [0.15, 0.2) is 42.8 Å². The van der Waals surface area contributed by atoms with Crippen LogP contribution in [0.3, 0.4) is 0 Å². The number of esters is 1. The van der Waals surface area contributed by atoms with Crippen LogP contribution in [-0.4, -0.2) is 44.8 Å². The number of carbonyl (C=O) groups is 1. The molecule has 1 heterocycles. The first-order valence-corrected chi connectivity index (χ1v) is 7.73. The molecule has 0 saturated carbocycles. The first kappa shape index (κ1) is 17.9. The molecule has 0 bridgehead atoms. The maximum absolute atomic E-state index is 12.8. The Hall–Kier alpha value is -2.47. The summed E-state index contributed by atoms with van der Waals surface area (Å²) in [7, 11) is 4.64. The van der Waals surface area contributed by atoms with Crippen LogP contribution in [0.2, 0.25) is 0 Å². The second kappa shape index (κ2) is 8.98. The van der Waals surface area contributed by atoms with E-state index in [4.69, 9.17) is 18.9 Å². The van der Waals surface area contributed by atoms with Gasteiger partial charge in [0.25, 0.3) is 0 Å². The minimum atomic E-state index is -0.493. The molecular formula is C18H23NO5. The average molecular weight is 333 g/mol. The number of benzene rings is 1.